The van der Waals surface area contributed by atoms with Gasteiger partial charge >= 0.3 is 6.18 Å². The minimum atomic E-state index is -4.96. The molecule has 10 nitrogen and oxygen atoms in total. The van der Waals surface area contributed by atoms with Crippen molar-refractivity contribution in [3.05, 3.63) is 75.2 Å². The zero-order chi connectivity index (χ0) is 31.1. The minimum Gasteiger partial charge on any atom is -0.454 e. The highest BCUT2D eigenvalue weighted by molar-refractivity contribution is 7.91. The molecule has 5 rings (SSSR count). The molecule has 1 N–H and O–H groups in total. The number of carbonyl (C=O) groups excluding carboxylic acids is 1. The summed E-state index contributed by atoms with van der Waals surface area (Å²) in [6, 6.07) is 10.1. The summed E-state index contributed by atoms with van der Waals surface area (Å²) in [6.07, 6.45) is -5.53. The number of rotatable bonds is 8. The summed E-state index contributed by atoms with van der Waals surface area (Å²) in [5, 5.41) is 6.80. The van der Waals surface area contributed by atoms with Crippen molar-refractivity contribution < 1.29 is 35.9 Å². The number of nitrogens with one attached hydrogen (secondary N) is 1. The van der Waals surface area contributed by atoms with E-state index in [9.17, 15) is 26.4 Å². The zero-order valence-corrected chi connectivity index (χ0v) is 24.8. The van der Waals surface area contributed by atoms with Gasteiger partial charge in [-0.05, 0) is 55.8 Å². The Bertz CT molecular complexity index is 1850. The predicted octanol–water partition coefficient (Wildman–Crippen LogP) is 5.86. The van der Waals surface area contributed by atoms with E-state index in [0.29, 0.717) is 45.5 Å². The average molecular weight is 656 g/mol. The lowest BCUT2D eigenvalue weighted by Gasteiger charge is -2.12. The van der Waals surface area contributed by atoms with Gasteiger partial charge in [0.05, 0.1) is 45.1 Å². The highest BCUT2D eigenvalue weighted by Crippen LogP contribution is 2.37. The molecule has 2 aromatic carbocycles. The molecule has 0 saturated carbocycles. The molecule has 43 heavy (non-hydrogen) atoms. The Balaban J connectivity index is 1.33. The van der Waals surface area contributed by atoms with Crippen molar-refractivity contribution in [2.75, 3.05) is 17.9 Å². The Morgan fingerprint density at radius 3 is 2.49 bits per heavy atom. The van der Waals surface area contributed by atoms with Crippen LogP contribution in [-0.2, 0) is 27.4 Å². The van der Waals surface area contributed by atoms with Crippen molar-refractivity contribution in [2.24, 2.45) is 0 Å². The topological polar surface area (TPSA) is 125 Å². The molecule has 226 valence electrons. The zero-order valence-electron chi connectivity index (χ0n) is 22.5. The van der Waals surface area contributed by atoms with Crippen LogP contribution in [0.3, 0.4) is 0 Å². The summed E-state index contributed by atoms with van der Waals surface area (Å²) >= 11 is 12.1. The number of fused-ring (bicyclic) bond motifs is 1. The van der Waals surface area contributed by atoms with E-state index in [1.807, 2.05) is 0 Å². The molecule has 4 aromatic rings. The molecular weight excluding hydrogens is 634 g/mol. The van der Waals surface area contributed by atoms with Crippen LogP contribution in [0, 0.1) is 13.8 Å². The highest BCUT2D eigenvalue weighted by Gasteiger charge is 2.36. The summed E-state index contributed by atoms with van der Waals surface area (Å²) in [5.41, 5.74) is 0.684. The first-order valence-electron chi connectivity index (χ1n) is 12.6. The lowest BCUT2D eigenvalue weighted by Crippen LogP contribution is -2.21. The van der Waals surface area contributed by atoms with Gasteiger partial charge in [-0.3, -0.25) is 9.48 Å². The van der Waals surface area contributed by atoms with Gasteiger partial charge in [0.25, 0.3) is 0 Å². The van der Waals surface area contributed by atoms with Crippen molar-refractivity contribution in [3.8, 4) is 22.8 Å². The van der Waals surface area contributed by atoms with E-state index in [2.05, 4.69) is 20.4 Å². The lowest BCUT2D eigenvalue weighted by molar-refractivity contribution is -0.141. The number of amides is 1. The monoisotopic (exact) mass is 655 g/mol. The van der Waals surface area contributed by atoms with Gasteiger partial charge < -0.3 is 14.8 Å². The van der Waals surface area contributed by atoms with Gasteiger partial charge in [0.2, 0.25) is 27.7 Å². The fourth-order valence-corrected chi connectivity index (χ4v) is 5.71. The summed E-state index contributed by atoms with van der Waals surface area (Å²) < 4.78 is 79.3. The molecule has 0 radical (unpaired) electrons. The number of hydrogen-bond acceptors (Lipinski definition) is 8. The number of aromatic nitrogens is 4. The number of anilines is 1. The van der Waals surface area contributed by atoms with E-state index in [0.717, 1.165) is 5.56 Å². The molecule has 16 heteroatoms. The number of halogens is 5. The van der Waals surface area contributed by atoms with Gasteiger partial charge in [-0.2, -0.15) is 18.3 Å². The van der Waals surface area contributed by atoms with Gasteiger partial charge in [-0.15, -0.1) is 0 Å². The standard InChI is InChI=1S/C27H22Cl2F3N5O5S/c1-14-25(15(2)37(36-14)12-16-3-5-18(28)19(29)9-16)35-24(38)7-8-43(39,40)26-33-20(11-23(34-26)27(30,31)32)17-4-6-21-22(10-17)42-13-41-21/h3-6,9-11H,7-8,12-13H2,1-2H3,(H,35,38). The number of nitrogens with zero attached hydrogens (tertiary/aromatic N) is 4. The summed E-state index contributed by atoms with van der Waals surface area (Å²) in [4.78, 5) is 20.0. The molecule has 2 aromatic heterocycles. The van der Waals surface area contributed by atoms with Crippen molar-refractivity contribution in [3.63, 3.8) is 0 Å². The van der Waals surface area contributed by atoms with Crippen molar-refractivity contribution in [2.45, 2.75) is 38.1 Å². The Labute approximate surface area is 253 Å². The summed E-state index contributed by atoms with van der Waals surface area (Å²) in [6.45, 7) is 3.65. The molecule has 1 amide bonds. The van der Waals surface area contributed by atoms with E-state index in [1.165, 1.54) is 18.2 Å². The van der Waals surface area contributed by atoms with E-state index in [1.54, 1.807) is 36.7 Å². The van der Waals surface area contributed by atoms with Gasteiger partial charge in [0, 0.05) is 12.0 Å². The van der Waals surface area contributed by atoms with Crippen LogP contribution in [0.2, 0.25) is 10.0 Å². The van der Waals surface area contributed by atoms with Gasteiger partial charge in [0.15, 0.2) is 11.5 Å². The van der Waals surface area contributed by atoms with Gasteiger partial charge in [-0.1, -0.05) is 29.3 Å². The Hall–Kier alpha value is -3.88. The first kappa shape index (κ1) is 30.6. The van der Waals surface area contributed by atoms with Crippen LogP contribution < -0.4 is 14.8 Å². The van der Waals surface area contributed by atoms with E-state index in [4.69, 9.17) is 32.7 Å². The van der Waals surface area contributed by atoms with Crippen LogP contribution >= 0.6 is 23.2 Å². The third kappa shape index (κ3) is 6.71. The molecule has 0 fully saturated rings. The molecule has 0 unspecified atom stereocenters. The molecule has 0 spiro atoms. The number of hydrogen-bond donors (Lipinski definition) is 1. The van der Waals surface area contributed by atoms with Gasteiger partial charge in [-0.25, -0.2) is 18.4 Å². The third-order valence-corrected chi connectivity index (χ3v) is 8.72. The average Bonchev–Trinajstić information content (AvgIpc) is 3.53. The van der Waals surface area contributed by atoms with Crippen molar-refractivity contribution in [1.29, 1.82) is 0 Å². The molecule has 1 aliphatic heterocycles. The number of sulfone groups is 1. The number of ether oxygens (including phenoxy) is 2. The maximum atomic E-state index is 13.7. The summed E-state index contributed by atoms with van der Waals surface area (Å²) in [7, 11) is -4.52. The highest BCUT2D eigenvalue weighted by atomic mass is 35.5. The number of carbonyl (C=O) groups is 1. The normalized spacial score (nSPS) is 12.9. The van der Waals surface area contributed by atoms with Crippen LogP contribution in [-0.4, -0.2) is 46.6 Å². The molecule has 0 bridgehead atoms. The SMILES string of the molecule is Cc1nn(Cc2ccc(Cl)c(Cl)c2)c(C)c1NC(=O)CCS(=O)(=O)c1nc(-c2ccc3c(c2)OCO3)cc(C(F)(F)F)n1. The van der Waals surface area contributed by atoms with E-state index in [-0.39, 0.29) is 23.8 Å². The second-order valence-corrected chi connectivity index (χ2v) is 12.4. The van der Waals surface area contributed by atoms with E-state index < -0.39 is 44.9 Å². The second-order valence-electron chi connectivity index (χ2n) is 9.56. The Kier molecular flexibility index (Phi) is 8.29. The maximum Gasteiger partial charge on any atom is 0.433 e. The van der Waals surface area contributed by atoms with Crippen LogP contribution in [0.25, 0.3) is 11.3 Å². The molecule has 1 aliphatic rings. The Morgan fingerprint density at radius 2 is 1.77 bits per heavy atom. The lowest BCUT2D eigenvalue weighted by atomic mass is 10.1. The van der Waals surface area contributed by atoms with Crippen LogP contribution in [0.15, 0.2) is 47.6 Å². The molecular formula is C27H22Cl2F3N5O5S. The molecule has 0 aliphatic carbocycles. The third-order valence-electron chi connectivity index (χ3n) is 6.50. The smallest absolute Gasteiger partial charge is 0.433 e. The molecule has 3 heterocycles. The minimum absolute atomic E-state index is 0.0604. The predicted molar refractivity (Wildman–Crippen MR) is 151 cm³/mol. The van der Waals surface area contributed by atoms with Crippen LogP contribution in [0.4, 0.5) is 18.9 Å². The quantitative estimate of drug-likeness (QED) is 0.234. The second kappa shape index (κ2) is 11.7. The molecule has 0 saturated heterocycles. The van der Waals surface area contributed by atoms with Crippen LogP contribution in [0.5, 0.6) is 11.5 Å². The molecule has 0 atom stereocenters. The Morgan fingerprint density at radius 1 is 1.02 bits per heavy atom. The fourth-order valence-electron chi connectivity index (χ4n) is 4.28. The van der Waals surface area contributed by atoms with Crippen molar-refractivity contribution in [1.82, 2.24) is 19.7 Å². The number of benzene rings is 2. The van der Waals surface area contributed by atoms with Gasteiger partial charge in [0.1, 0.15) is 5.69 Å². The number of alkyl halides is 3. The summed E-state index contributed by atoms with van der Waals surface area (Å²) in [5.74, 6) is -0.863. The maximum absolute atomic E-state index is 13.7. The number of aryl methyl sites for hydroxylation is 1. The van der Waals surface area contributed by atoms with Crippen LogP contribution in [0.1, 0.15) is 29.1 Å². The van der Waals surface area contributed by atoms with E-state index >= 15 is 0 Å². The largest absolute Gasteiger partial charge is 0.454 e. The first-order chi connectivity index (χ1) is 20.2. The first-order valence-corrected chi connectivity index (χ1v) is 15.0. The van der Waals surface area contributed by atoms with Crippen molar-refractivity contribution >= 4 is 44.6 Å². The fraction of sp³-hybridized carbons (Fsp3) is 0.259.